The summed E-state index contributed by atoms with van der Waals surface area (Å²) in [4.78, 5) is 20.4. The lowest BCUT2D eigenvalue weighted by molar-refractivity contribution is 0.194. The molecule has 1 aromatic carbocycles. The van der Waals surface area contributed by atoms with E-state index in [2.05, 4.69) is 15.2 Å². The van der Waals surface area contributed by atoms with E-state index in [9.17, 15) is 9.18 Å². The number of halogens is 1. The fourth-order valence-corrected chi connectivity index (χ4v) is 3.39. The minimum Gasteiger partial charge on any atom is -0.336 e. The maximum atomic E-state index is 14.3. The summed E-state index contributed by atoms with van der Waals surface area (Å²) in [5.74, 6) is -0.220. The van der Waals surface area contributed by atoms with Crippen molar-refractivity contribution in [2.45, 2.75) is 25.4 Å². The first-order valence-corrected chi connectivity index (χ1v) is 9.01. The van der Waals surface area contributed by atoms with E-state index in [0.29, 0.717) is 18.7 Å². The second kappa shape index (κ2) is 8.76. The maximum absolute atomic E-state index is 14.3. The number of nitrogens with zero attached hydrogens (tertiary/aromatic N) is 3. The summed E-state index contributed by atoms with van der Waals surface area (Å²) in [6.07, 6.45) is 5.68. The smallest absolute Gasteiger partial charge is 0.317 e. The summed E-state index contributed by atoms with van der Waals surface area (Å²) in [5.41, 5.74) is 1.61. The van der Waals surface area contributed by atoms with Crippen molar-refractivity contribution in [2.75, 3.05) is 26.7 Å². The van der Waals surface area contributed by atoms with E-state index in [1.54, 1.807) is 30.4 Å². The van der Waals surface area contributed by atoms with Crippen LogP contribution in [0.5, 0.6) is 0 Å². The molecule has 0 aliphatic carbocycles. The standard InChI is InChI=1S/C20H25FN4O/c1-24(15-16-7-6-10-22-13-16)20(26)23-14-19(25-11-4-5-12-25)17-8-2-3-9-18(17)21/h2-3,6-10,13,19H,4-5,11-12,14-15H2,1H3,(H,23,26)/t19-/m0/s1. The Bertz CT molecular complexity index is 719. The minimum atomic E-state index is -0.220. The molecule has 1 fully saturated rings. The van der Waals surface area contributed by atoms with E-state index in [-0.39, 0.29) is 17.9 Å². The predicted octanol–water partition coefficient (Wildman–Crippen LogP) is 3.20. The number of hydrogen-bond acceptors (Lipinski definition) is 3. The molecule has 2 aromatic rings. The molecule has 3 rings (SSSR count). The molecule has 1 aromatic heterocycles. The molecule has 2 amide bonds. The normalized spacial score (nSPS) is 15.6. The van der Waals surface area contributed by atoms with Gasteiger partial charge in [-0.15, -0.1) is 0 Å². The van der Waals surface area contributed by atoms with Crippen molar-refractivity contribution in [3.05, 3.63) is 65.7 Å². The van der Waals surface area contributed by atoms with Gasteiger partial charge in [0.2, 0.25) is 0 Å². The molecule has 26 heavy (non-hydrogen) atoms. The number of rotatable bonds is 6. The van der Waals surface area contributed by atoms with Crippen molar-refractivity contribution < 1.29 is 9.18 Å². The number of amides is 2. The van der Waals surface area contributed by atoms with Crippen molar-refractivity contribution in [1.82, 2.24) is 20.1 Å². The van der Waals surface area contributed by atoms with Crippen LogP contribution in [0.3, 0.4) is 0 Å². The SMILES string of the molecule is CN(Cc1cccnc1)C(=O)NC[C@@H](c1ccccc1F)N1CCCC1. The Morgan fingerprint density at radius 2 is 2.04 bits per heavy atom. The maximum Gasteiger partial charge on any atom is 0.317 e. The van der Waals surface area contributed by atoms with Crippen molar-refractivity contribution in [1.29, 1.82) is 0 Å². The number of carbonyl (C=O) groups excluding carboxylic acids is 1. The molecule has 1 aliphatic rings. The lowest BCUT2D eigenvalue weighted by atomic mass is 10.0. The molecular formula is C20H25FN4O. The molecular weight excluding hydrogens is 331 g/mol. The van der Waals surface area contributed by atoms with Crippen LogP contribution in [-0.2, 0) is 6.54 Å². The van der Waals surface area contributed by atoms with Crippen molar-refractivity contribution in [2.24, 2.45) is 0 Å². The van der Waals surface area contributed by atoms with Gasteiger partial charge in [0.1, 0.15) is 5.82 Å². The van der Waals surface area contributed by atoms with Crippen LogP contribution in [0.1, 0.15) is 30.0 Å². The van der Waals surface area contributed by atoms with Crippen molar-refractivity contribution in [3.63, 3.8) is 0 Å². The van der Waals surface area contributed by atoms with E-state index in [0.717, 1.165) is 31.5 Å². The zero-order chi connectivity index (χ0) is 18.4. The van der Waals surface area contributed by atoms with E-state index in [1.807, 2.05) is 24.3 Å². The molecule has 2 heterocycles. The van der Waals surface area contributed by atoms with Crippen LogP contribution in [0, 0.1) is 5.82 Å². The monoisotopic (exact) mass is 356 g/mol. The molecule has 0 unspecified atom stereocenters. The highest BCUT2D eigenvalue weighted by Gasteiger charge is 2.26. The highest BCUT2D eigenvalue weighted by molar-refractivity contribution is 5.73. The number of carbonyl (C=O) groups is 1. The van der Waals surface area contributed by atoms with E-state index < -0.39 is 0 Å². The first-order valence-electron chi connectivity index (χ1n) is 9.01. The Labute approximate surface area is 153 Å². The molecule has 6 heteroatoms. The van der Waals surface area contributed by atoms with Gasteiger partial charge in [0, 0.05) is 38.1 Å². The van der Waals surface area contributed by atoms with Crippen LogP contribution in [0.15, 0.2) is 48.8 Å². The summed E-state index contributed by atoms with van der Waals surface area (Å²) in [7, 11) is 1.75. The van der Waals surface area contributed by atoms with Gasteiger partial charge in [-0.25, -0.2) is 9.18 Å². The average molecular weight is 356 g/mol. The zero-order valence-corrected chi connectivity index (χ0v) is 15.1. The lowest BCUT2D eigenvalue weighted by Crippen LogP contribution is -2.42. The van der Waals surface area contributed by atoms with Gasteiger partial charge in [0.15, 0.2) is 0 Å². The highest BCUT2D eigenvalue weighted by Crippen LogP contribution is 2.26. The number of likely N-dealkylation sites (tertiary alicyclic amines) is 1. The lowest BCUT2D eigenvalue weighted by Gasteiger charge is -2.29. The summed E-state index contributed by atoms with van der Waals surface area (Å²) in [5, 5.41) is 2.96. The number of hydrogen-bond donors (Lipinski definition) is 1. The molecule has 1 saturated heterocycles. The Balaban J connectivity index is 1.63. The first-order chi connectivity index (χ1) is 12.6. The third-order valence-corrected chi connectivity index (χ3v) is 4.78. The second-order valence-corrected chi connectivity index (χ2v) is 6.68. The van der Waals surface area contributed by atoms with Gasteiger partial charge >= 0.3 is 6.03 Å². The molecule has 5 nitrogen and oxygen atoms in total. The topological polar surface area (TPSA) is 48.5 Å². The number of aromatic nitrogens is 1. The molecule has 0 spiro atoms. The van der Waals surface area contributed by atoms with Crippen LogP contribution >= 0.6 is 0 Å². The largest absolute Gasteiger partial charge is 0.336 e. The van der Waals surface area contributed by atoms with Crippen LogP contribution in [0.4, 0.5) is 9.18 Å². The van der Waals surface area contributed by atoms with E-state index in [4.69, 9.17) is 0 Å². The van der Waals surface area contributed by atoms with Gasteiger partial charge in [-0.1, -0.05) is 24.3 Å². The molecule has 0 bridgehead atoms. The highest BCUT2D eigenvalue weighted by atomic mass is 19.1. The number of benzene rings is 1. The predicted molar refractivity (Wildman–Crippen MR) is 99.1 cm³/mol. The quantitative estimate of drug-likeness (QED) is 0.865. The minimum absolute atomic E-state index is 0.144. The Morgan fingerprint density at radius 1 is 1.27 bits per heavy atom. The number of pyridine rings is 1. The van der Waals surface area contributed by atoms with Gasteiger partial charge in [-0.2, -0.15) is 0 Å². The van der Waals surface area contributed by atoms with Gasteiger partial charge in [0.25, 0.3) is 0 Å². The Kier molecular flexibility index (Phi) is 6.17. The van der Waals surface area contributed by atoms with Gasteiger partial charge in [-0.05, 0) is 43.6 Å². The Morgan fingerprint density at radius 3 is 2.73 bits per heavy atom. The molecule has 1 aliphatic heterocycles. The zero-order valence-electron chi connectivity index (χ0n) is 15.1. The Hall–Kier alpha value is -2.47. The molecule has 1 N–H and O–H groups in total. The second-order valence-electron chi connectivity index (χ2n) is 6.68. The summed E-state index contributed by atoms with van der Waals surface area (Å²) in [6, 6.07) is 10.3. The number of urea groups is 1. The summed E-state index contributed by atoms with van der Waals surface area (Å²) < 4.78 is 14.3. The van der Waals surface area contributed by atoms with Gasteiger partial charge < -0.3 is 10.2 Å². The number of nitrogens with one attached hydrogen (secondary N) is 1. The van der Waals surface area contributed by atoms with E-state index in [1.165, 1.54) is 6.07 Å². The van der Waals surface area contributed by atoms with Crippen LogP contribution < -0.4 is 5.32 Å². The fourth-order valence-electron chi connectivity index (χ4n) is 3.39. The van der Waals surface area contributed by atoms with E-state index >= 15 is 0 Å². The molecule has 0 radical (unpaired) electrons. The molecule has 0 saturated carbocycles. The van der Waals surface area contributed by atoms with Gasteiger partial charge in [0.05, 0.1) is 6.04 Å². The van der Waals surface area contributed by atoms with Crippen LogP contribution in [0.2, 0.25) is 0 Å². The van der Waals surface area contributed by atoms with Crippen molar-refractivity contribution >= 4 is 6.03 Å². The third-order valence-electron chi connectivity index (χ3n) is 4.78. The fraction of sp³-hybridized carbons (Fsp3) is 0.400. The molecule has 138 valence electrons. The average Bonchev–Trinajstić information content (AvgIpc) is 3.18. The molecule has 1 atom stereocenters. The van der Waals surface area contributed by atoms with Crippen LogP contribution in [-0.4, -0.2) is 47.5 Å². The summed E-state index contributed by atoms with van der Waals surface area (Å²) in [6.45, 7) is 2.73. The van der Waals surface area contributed by atoms with Gasteiger partial charge in [-0.3, -0.25) is 9.88 Å². The third kappa shape index (κ3) is 4.58. The first kappa shape index (κ1) is 18.3. The van der Waals surface area contributed by atoms with Crippen molar-refractivity contribution in [3.8, 4) is 0 Å². The van der Waals surface area contributed by atoms with Crippen LogP contribution in [0.25, 0.3) is 0 Å². The summed E-state index contributed by atoms with van der Waals surface area (Å²) >= 11 is 0.